The SMILES string of the molecule is COc1ccc(NC(=O)C2=C(C)N=C3SCCCN3C2c2cccc(NC(=O)c3ccc(F)cc3)c2)cc1. The van der Waals surface area contributed by atoms with Crippen LogP contribution in [0.25, 0.3) is 0 Å². The van der Waals surface area contributed by atoms with Crippen molar-refractivity contribution in [1.29, 1.82) is 0 Å². The fourth-order valence-electron chi connectivity index (χ4n) is 4.57. The first kappa shape index (κ1) is 25.5. The average Bonchev–Trinajstić information content (AvgIpc) is 2.93. The molecule has 2 amide bonds. The van der Waals surface area contributed by atoms with Crippen LogP contribution in [0.1, 0.15) is 35.3 Å². The molecule has 9 heteroatoms. The number of benzene rings is 3. The zero-order chi connectivity index (χ0) is 26.6. The maximum atomic E-state index is 13.7. The fourth-order valence-corrected chi connectivity index (χ4v) is 5.59. The molecule has 2 heterocycles. The Labute approximate surface area is 224 Å². The summed E-state index contributed by atoms with van der Waals surface area (Å²) in [7, 11) is 1.59. The van der Waals surface area contributed by atoms with Gasteiger partial charge in [0.15, 0.2) is 5.17 Å². The van der Waals surface area contributed by atoms with Crippen molar-refractivity contribution in [2.75, 3.05) is 30.0 Å². The number of amides is 2. The van der Waals surface area contributed by atoms with Gasteiger partial charge in [0.1, 0.15) is 11.6 Å². The summed E-state index contributed by atoms with van der Waals surface area (Å²) in [6, 6.07) is 19.7. The number of allylic oxidation sites excluding steroid dienone is 1. The van der Waals surface area contributed by atoms with Crippen LogP contribution in [0.3, 0.4) is 0 Å². The van der Waals surface area contributed by atoms with Crippen LogP contribution >= 0.6 is 11.8 Å². The third-order valence-corrected chi connectivity index (χ3v) is 7.49. The number of carbonyl (C=O) groups is 2. The first-order valence-corrected chi connectivity index (χ1v) is 13.2. The number of fused-ring (bicyclic) bond motifs is 1. The van der Waals surface area contributed by atoms with Crippen LogP contribution in [-0.2, 0) is 4.79 Å². The lowest BCUT2D eigenvalue weighted by molar-refractivity contribution is -0.113. The molecule has 1 fully saturated rings. The van der Waals surface area contributed by atoms with Crippen LogP contribution in [-0.4, -0.2) is 41.3 Å². The van der Waals surface area contributed by atoms with Crippen molar-refractivity contribution in [3.8, 4) is 5.75 Å². The van der Waals surface area contributed by atoms with Crippen LogP contribution in [0.2, 0.25) is 0 Å². The van der Waals surface area contributed by atoms with Gasteiger partial charge in [-0.2, -0.15) is 0 Å². The predicted octanol–water partition coefficient (Wildman–Crippen LogP) is 5.85. The summed E-state index contributed by atoms with van der Waals surface area (Å²) in [6.45, 7) is 2.62. The Balaban J connectivity index is 1.46. The Morgan fingerprint density at radius 2 is 1.74 bits per heavy atom. The van der Waals surface area contributed by atoms with E-state index in [1.165, 1.54) is 24.3 Å². The van der Waals surface area contributed by atoms with E-state index >= 15 is 0 Å². The summed E-state index contributed by atoms with van der Waals surface area (Å²) in [5, 5.41) is 6.79. The third-order valence-electron chi connectivity index (χ3n) is 6.42. The van der Waals surface area contributed by atoms with Crippen LogP contribution in [0.5, 0.6) is 5.75 Å². The average molecular weight is 531 g/mol. The lowest BCUT2D eigenvalue weighted by atomic mass is 9.93. The van der Waals surface area contributed by atoms with Gasteiger partial charge in [0.25, 0.3) is 11.8 Å². The van der Waals surface area contributed by atoms with E-state index < -0.39 is 5.82 Å². The van der Waals surface area contributed by atoms with Gasteiger partial charge in [-0.1, -0.05) is 23.9 Å². The van der Waals surface area contributed by atoms with E-state index in [0.29, 0.717) is 34.0 Å². The minimum Gasteiger partial charge on any atom is -0.497 e. The number of ether oxygens (including phenoxy) is 1. The van der Waals surface area contributed by atoms with Crippen molar-refractivity contribution in [3.63, 3.8) is 0 Å². The molecular formula is C29H27FN4O3S. The molecule has 3 aromatic rings. The molecule has 1 saturated heterocycles. The van der Waals surface area contributed by atoms with Crippen LogP contribution < -0.4 is 15.4 Å². The number of hydrogen-bond acceptors (Lipinski definition) is 6. The molecule has 0 spiro atoms. The van der Waals surface area contributed by atoms with Gasteiger partial charge in [0, 0.05) is 29.2 Å². The zero-order valence-electron chi connectivity index (χ0n) is 21.0. The third kappa shape index (κ3) is 5.43. The molecule has 1 unspecified atom stereocenters. The monoisotopic (exact) mass is 530 g/mol. The maximum Gasteiger partial charge on any atom is 0.255 e. The largest absolute Gasteiger partial charge is 0.497 e. The number of amidine groups is 1. The lowest BCUT2D eigenvalue weighted by Crippen LogP contribution is -2.43. The highest BCUT2D eigenvalue weighted by Gasteiger charge is 2.37. The summed E-state index contributed by atoms with van der Waals surface area (Å²) in [5.41, 5.74) is 3.65. The summed E-state index contributed by atoms with van der Waals surface area (Å²) in [6.07, 6.45) is 0.966. The molecule has 2 N–H and O–H groups in total. The molecule has 2 aliphatic heterocycles. The molecule has 38 heavy (non-hydrogen) atoms. The maximum absolute atomic E-state index is 13.7. The van der Waals surface area contributed by atoms with E-state index in [-0.39, 0.29) is 17.9 Å². The molecule has 194 valence electrons. The Kier molecular flexibility index (Phi) is 7.46. The van der Waals surface area contributed by atoms with Crippen molar-refractivity contribution in [3.05, 3.63) is 101 Å². The number of halogens is 1. The van der Waals surface area contributed by atoms with Crippen molar-refractivity contribution in [2.24, 2.45) is 4.99 Å². The van der Waals surface area contributed by atoms with E-state index in [4.69, 9.17) is 9.73 Å². The van der Waals surface area contributed by atoms with Crippen molar-refractivity contribution in [2.45, 2.75) is 19.4 Å². The smallest absolute Gasteiger partial charge is 0.255 e. The number of aliphatic imine (C=N–C) groups is 1. The zero-order valence-corrected chi connectivity index (χ0v) is 21.8. The number of nitrogens with zero attached hydrogens (tertiary/aromatic N) is 2. The second-order valence-corrected chi connectivity index (χ2v) is 10.0. The summed E-state index contributed by atoms with van der Waals surface area (Å²) >= 11 is 1.68. The van der Waals surface area contributed by atoms with Gasteiger partial charge in [-0.25, -0.2) is 9.38 Å². The molecule has 0 aromatic heterocycles. The van der Waals surface area contributed by atoms with E-state index in [0.717, 1.165) is 29.4 Å². The van der Waals surface area contributed by atoms with Gasteiger partial charge in [-0.05, 0) is 79.6 Å². The Bertz CT molecular complexity index is 1420. The first-order chi connectivity index (χ1) is 18.4. The summed E-state index contributed by atoms with van der Waals surface area (Å²) < 4.78 is 18.5. The number of thioether (sulfide) groups is 1. The number of methoxy groups -OCH3 is 1. The van der Waals surface area contributed by atoms with Crippen molar-refractivity contribution >= 4 is 40.1 Å². The molecule has 0 radical (unpaired) electrons. The van der Waals surface area contributed by atoms with Crippen molar-refractivity contribution < 1.29 is 18.7 Å². The second kappa shape index (κ2) is 11.1. The highest BCUT2D eigenvalue weighted by atomic mass is 32.2. The molecule has 3 aromatic carbocycles. The number of nitrogens with one attached hydrogen (secondary N) is 2. The predicted molar refractivity (Wildman–Crippen MR) is 149 cm³/mol. The number of anilines is 2. The van der Waals surface area contributed by atoms with Gasteiger partial charge in [0.2, 0.25) is 0 Å². The molecule has 7 nitrogen and oxygen atoms in total. The standard InChI is InChI=1S/C29H27FN4O3S/c1-18-25(28(36)32-22-11-13-24(37-2)14-12-22)26(34-15-4-16-38-29(34)31-18)20-5-3-6-23(17-20)33-27(35)19-7-9-21(30)10-8-19/h3,5-14,17,26H,4,15-16H2,1-2H3,(H,32,36)(H,33,35). The number of rotatable bonds is 6. The molecule has 2 aliphatic rings. The number of carbonyl (C=O) groups excluding carboxylic acids is 2. The molecule has 0 bridgehead atoms. The van der Waals surface area contributed by atoms with Gasteiger partial charge in [-0.15, -0.1) is 0 Å². The fraction of sp³-hybridized carbons (Fsp3) is 0.207. The Hall–Kier alpha value is -4.11. The Morgan fingerprint density at radius 3 is 2.47 bits per heavy atom. The minimum absolute atomic E-state index is 0.239. The van der Waals surface area contributed by atoms with E-state index in [1.807, 2.05) is 25.1 Å². The first-order valence-electron chi connectivity index (χ1n) is 12.2. The van der Waals surface area contributed by atoms with E-state index in [2.05, 4.69) is 15.5 Å². The molecule has 5 rings (SSSR count). The van der Waals surface area contributed by atoms with Crippen LogP contribution in [0.4, 0.5) is 15.8 Å². The lowest BCUT2D eigenvalue weighted by Gasteiger charge is -2.41. The normalized spacial score (nSPS) is 16.9. The quantitative estimate of drug-likeness (QED) is 0.418. The summed E-state index contributed by atoms with van der Waals surface area (Å²) in [4.78, 5) is 33.4. The van der Waals surface area contributed by atoms with Crippen LogP contribution in [0, 0.1) is 5.82 Å². The van der Waals surface area contributed by atoms with Gasteiger partial charge >= 0.3 is 0 Å². The van der Waals surface area contributed by atoms with Gasteiger partial charge in [-0.3, -0.25) is 9.59 Å². The Morgan fingerprint density at radius 1 is 1.00 bits per heavy atom. The number of hydrogen-bond donors (Lipinski definition) is 2. The van der Waals surface area contributed by atoms with Crippen molar-refractivity contribution in [1.82, 2.24) is 4.90 Å². The highest BCUT2D eigenvalue weighted by Crippen LogP contribution is 2.40. The van der Waals surface area contributed by atoms with Gasteiger partial charge in [0.05, 0.1) is 24.4 Å². The van der Waals surface area contributed by atoms with Crippen LogP contribution in [0.15, 0.2) is 89.1 Å². The van der Waals surface area contributed by atoms with E-state index in [1.54, 1.807) is 49.2 Å². The second-order valence-electron chi connectivity index (χ2n) is 8.96. The van der Waals surface area contributed by atoms with Gasteiger partial charge < -0.3 is 20.3 Å². The topological polar surface area (TPSA) is 83.0 Å². The highest BCUT2D eigenvalue weighted by molar-refractivity contribution is 8.13. The minimum atomic E-state index is -0.402. The molecular weight excluding hydrogens is 503 g/mol. The summed E-state index contributed by atoms with van der Waals surface area (Å²) in [5.74, 6) is 0.687. The van der Waals surface area contributed by atoms with E-state index in [9.17, 15) is 14.0 Å². The molecule has 0 saturated carbocycles. The molecule has 1 atom stereocenters. The molecule has 0 aliphatic carbocycles.